The van der Waals surface area contributed by atoms with Crippen LogP contribution in [0.2, 0.25) is 0 Å². The van der Waals surface area contributed by atoms with Gasteiger partial charge in [-0.25, -0.2) is 4.98 Å². The Balaban J connectivity index is 2.83. The van der Waals surface area contributed by atoms with E-state index in [1.165, 1.54) is 7.11 Å². The predicted molar refractivity (Wildman–Crippen MR) is 54.9 cm³/mol. The van der Waals surface area contributed by atoms with Crippen LogP contribution in [0.1, 0.15) is 12.1 Å². The van der Waals surface area contributed by atoms with E-state index < -0.39 is 0 Å². The Morgan fingerprint density at radius 2 is 2.36 bits per heavy atom. The highest BCUT2D eigenvalue weighted by Crippen LogP contribution is 2.18. The molecule has 1 aromatic rings. The maximum absolute atomic E-state index is 10.1. The van der Waals surface area contributed by atoms with Crippen molar-refractivity contribution in [3.05, 3.63) is 23.9 Å². The molecule has 0 saturated carbocycles. The molecular weight excluding hydrogens is 180 g/mol. The number of pyridine rings is 1. The average Bonchev–Trinajstić information content (AvgIpc) is 2.21. The fourth-order valence-corrected chi connectivity index (χ4v) is 0.966. The number of rotatable bonds is 4. The van der Waals surface area contributed by atoms with Gasteiger partial charge in [0.2, 0.25) is 5.88 Å². The van der Waals surface area contributed by atoms with Gasteiger partial charge in [0.1, 0.15) is 6.29 Å². The fraction of sp³-hybridized carbons (Fsp3) is 0.200. The highest BCUT2D eigenvalue weighted by molar-refractivity contribution is 5.58. The maximum atomic E-state index is 10.1. The summed E-state index contributed by atoms with van der Waals surface area (Å²) in [5.41, 5.74) is 6.81. The molecule has 0 aliphatic heterocycles. The van der Waals surface area contributed by atoms with Crippen molar-refractivity contribution in [2.45, 2.75) is 6.42 Å². The Kier molecular flexibility index (Phi) is 3.67. The Morgan fingerprint density at radius 1 is 1.57 bits per heavy atom. The summed E-state index contributed by atoms with van der Waals surface area (Å²) in [4.78, 5) is 14.2. The Labute approximate surface area is 82.4 Å². The molecule has 0 aliphatic carbocycles. The third-order valence-corrected chi connectivity index (χ3v) is 1.63. The van der Waals surface area contributed by atoms with Gasteiger partial charge < -0.3 is 15.3 Å². The number of methoxy groups -OCH3 is 1. The van der Waals surface area contributed by atoms with Gasteiger partial charge in [-0.2, -0.15) is 0 Å². The van der Waals surface area contributed by atoms with Crippen LogP contribution in [-0.4, -0.2) is 18.4 Å². The quantitative estimate of drug-likeness (QED) is 0.730. The number of nitrogens with two attached hydrogens (primary N) is 1. The third kappa shape index (κ3) is 2.58. The van der Waals surface area contributed by atoms with E-state index in [-0.39, 0.29) is 0 Å². The lowest BCUT2D eigenvalue weighted by molar-refractivity contribution is -0.107. The minimum atomic E-state index is 0.383. The van der Waals surface area contributed by atoms with Crippen LogP contribution in [0.25, 0.3) is 6.08 Å². The zero-order valence-corrected chi connectivity index (χ0v) is 7.93. The van der Waals surface area contributed by atoms with E-state index in [9.17, 15) is 4.79 Å². The average molecular weight is 192 g/mol. The number of aldehydes is 1. The molecule has 0 aromatic carbocycles. The first-order valence-corrected chi connectivity index (χ1v) is 4.18. The number of nitrogen functional groups attached to an aromatic ring is 1. The van der Waals surface area contributed by atoms with Crippen molar-refractivity contribution in [2.75, 3.05) is 12.8 Å². The van der Waals surface area contributed by atoms with Crippen LogP contribution in [0.5, 0.6) is 5.88 Å². The van der Waals surface area contributed by atoms with Crippen molar-refractivity contribution in [3.8, 4) is 5.88 Å². The van der Waals surface area contributed by atoms with Gasteiger partial charge in [0.25, 0.3) is 0 Å². The zero-order chi connectivity index (χ0) is 10.4. The number of hydrogen-bond donors (Lipinski definition) is 1. The van der Waals surface area contributed by atoms with Gasteiger partial charge in [-0.1, -0.05) is 6.08 Å². The van der Waals surface area contributed by atoms with Crippen molar-refractivity contribution in [1.29, 1.82) is 0 Å². The van der Waals surface area contributed by atoms with E-state index in [1.54, 1.807) is 24.3 Å². The lowest BCUT2D eigenvalue weighted by Crippen LogP contribution is -1.96. The van der Waals surface area contributed by atoms with Crippen LogP contribution in [0.4, 0.5) is 5.69 Å². The standard InChI is InChI=1S/C10H12N2O2/c1-14-10-9(11)6-5-8(12-10)4-2-3-7-13/h2,4-7H,3,11H2,1H3. The first-order chi connectivity index (χ1) is 6.77. The number of hydrogen-bond acceptors (Lipinski definition) is 4. The van der Waals surface area contributed by atoms with Gasteiger partial charge >= 0.3 is 0 Å². The first kappa shape index (κ1) is 10.2. The first-order valence-electron chi connectivity index (χ1n) is 4.18. The number of ether oxygens (including phenoxy) is 1. The normalized spacial score (nSPS) is 10.4. The number of carbonyl (C=O) groups is 1. The van der Waals surface area contributed by atoms with E-state index in [0.29, 0.717) is 18.0 Å². The van der Waals surface area contributed by atoms with Gasteiger partial charge in [0.15, 0.2) is 0 Å². The summed E-state index contributed by atoms with van der Waals surface area (Å²) in [5.74, 6) is 0.401. The second-order valence-corrected chi connectivity index (χ2v) is 2.64. The molecule has 0 amide bonds. The lowest BCUT2D eigenvalue weighted by Gasteiger charge is -2.02. The highest BCUT2D eigenvalue weighted by Gasteiger charge is 1.99. The van der Waals surface area contributed by atoms with Crippen LogP contribution >= 0.6 is 0 Å². The Bertz CT molecular complexity index is 348. The maximum Gasteiger partial charge on any atom is 0.237 e. The van der Waals surface area contributed by atoms with Gasteiger partial charge in [-0.05, 0) is 18.2 Å². The van der Waals surface area contributed by atoms with Crippen molar-refractivity contribution >= 4 is 18.0 Å². The van der Waals surface area contributed by atoms with Gasteiger partial charge in [-0.3, -0.25) is 0 Å². The zero-order valence-electron chi connectivity index (χ0n) is 7.93. The summed E-state index contributed by atoms with van der Waals surface area (Å²) in [7, 11) is 1.51. The molecule has 4 heteroatoms. The van der Waals surface area contributed by atoms with Crippen molar-refractivity contribution < 1.29 is 9.53 Å². The van der Waals surface area contributed by atoms with Crippen molar-refractivity contribution in [3.63, 3.8) is 0 Å². The van der Waals surface area contributed by atoms with Gasteiger partial charge in [0.05, 0.1) is 18.5 Å². The monoisotopic (exact) mass is 192 g/mol. The number of carbonyl (C=O) groups excluding carboxylic acids is 1. The summed E-state index contributed by atoms with van der Waals surface area (Å²) in [6.45, 7) is 0. The topological polar surface area (TPSA) is 65.2 Å². The van der Waals surface area contributed by atoms with E-state index >= 15 is 0 Å². The molecule has 0 spiro atoms. The SMILES string of the molecule is COc1nc(C=CCC=O)ccc1N. The minimum absolute atomic E-state index is 0.383. The third-order valence-electron chi connectivity index (χ3n) is 1.63. The van der Waals surface area contributed by atoms with E-state index in [1.807, 2.05) is 0 Å². The summed E-state index contributed by atoms with van der Waals surface area (Å²) >= 11 is 0. The molecule has 1 aromatic heterocycles. The van der Waals surface area contributed by atoms with E-state index in [2.05, 4.69) is 4.98 Å². The number of allylic oxidation sites excluding steroid dienone is 1. The predicted octanol–water partition coefficient (Wildman–Crippen LogP) is 1.27. The van der Waals surface area contributed by atoms with Crippen LogP contribution in [-0.2, 0) is 4.79 Å². The van der Waals surface area contributed by atoms with Gasteiger partial charge in [-0.15, -0.1) is 0 Å². The lowest BCUT2D eigenvalue weighted by atomic mass is 10.3. The molecule has 0 unspecified atom stereocenters. The second-order valence-electron chi connectivity index (χ2n) is 2.64. The van der Waals surface area contributed by atoms with Crippen molar-refractivity contribution in [2.24, 2.45) is 0 Å². The Morgan fingerprint density at radius 3 is 3.00 bits per heavy atom. The number of anilines is 1. The molecule has 0 aliphatic rings. The fourth-order valence-electron chi connectivity index (χ4n) is 0.966. The minimum Gasteiger partial charge on any atom is -0.480 e. The molecule has 1 heterocycles. The molecule has 2 N–H and O–H groups in total. The molecule has 74 valence electrons. The number of aromatic nitrogens is 1. The van der Waals surface area contributed by atoms with Crippen LogP contribution in [0.15, 0.2) is 18.2 Å². The summed E-state index contributed by atoms with van der Waals surface area (Å²) < 4.78 is 4.95. The van der Waals surface area contributed by atoms with Crippen molar-refractivity contribution in [1.82, 2.24) is 4.98 Å². The Hall–Kier alpha value is -1.84. The summed E-state index contributed by atoms with van der Waals surface area (Å²) in [6, 6.07) is 3.48. The summed E-state index contributed by atoms with van der Waals surface area (Å²) in [6.07, 6.45) is 4.68. The molecule has 0 atom stereocenters. The van der Waals surface area contributed by atoms with Crippen LogP contribution in [0.3, 0.4) is 0 Å². The molecule has 14 heavy (non-hydrogen) atoms. The molecule has 0 bridgehead atoms. The van der Waals surface area contributed by atoms with Gasteiger partial charge in [0, 0.05) is 6.42 Å². The molecule has 0 fully saturated rings. The van der Waals surface area contributed by atoms with E-state index in [4.69, 9.17) is 10.5 Å². The summed E-state index contributed by atoms with van der Waals surface area (Å²) in [5, 5.41) is 0. The van der Waals surface area contributed by atoms with Crippen LogP contribution < -0.4 is 10.5 Å². The second kappa shape index (κ2) is 5.01. The largest absolute Gasteiger partial charge is 0.480 e. The molecular formula is C10H12N2O2. The van der Waals surface area contributed by atoms with E-state index in [0.717, 1.165) is 12.0 Å². The highest BCUT2D eigenvalue weighted by atomic mass is 16.5. The number of nitrogens with zero attached hydrogens (tertiary/aromatic N) is 1. The smallest absolute Gasteiger partial charge is 0.237 e. The molecule has 1 rings (SSSR count). The van der Waals surface area contributed by atoms with Crippen LogP contribution in [0, 0.1) is 0 Å². The molecule has 0 saturated heterocycles. The molecule has 4 nitrogen and oxygen atoms in total. The molecule has 0 radical (unpaired) electrons.